The van der Waals surface area contributed by atoms with Gasteiger partial charge in [-0.3, -0.25) is 9.17 Å². The predicted molar refractivity (Wildman–Crippen MR) is 141 cm³/mol. The van der Waals surface area contributed by atoms with E-state index in [2.05, 4.69) is 52.0 Å². The van der Waals surface area contributed by atoms with Crippen LogP contribution < -0.4 is 4.87 Å². The third kappa shape index (κ3) is 4.06. The van der Waals surface area contributed by atoms with E-state index in [-0.39, 0.29) is 15.8 Å². The summed E-state index contributed by atoms with van der Waals surface area (Å²) in [5.74, 6) is 1.73. The van der Waals surface area contributed by atoms with Crippen molar-refractivity contribution in [3.05, 3.63) is 93.3 Å². The molecule has 0 aliphatic carbocycles. The molecule has 170 valence electrons. The van der Waals surface area contributed by atoms with Crippen LogP contribution in [-0.2, 0) is 6.54 Å². The number of fused-ring (bicyclic) bond motifs is 1. The largest absolute Gasteiger partial charge is 0.498 e. The number of aromatic amines is 1. The van der Waals surface area contributed by atoms with Crippen molar-refractivity contribution in [1.29, 1.82) is 0 Å². The normalized spacial score (nSPS) is 11.4. The molecule has 0 unspecified atom stereocenters. The molecule has 0 amide bonds. The summed E-state index contributed by atoms with van der Waals surface area (Å²) in [4.78, 5) is 20.2. The topological polar surface area (TPSA) is 83.8 Å². The minimum atomic E-state index is -0.240. The van der Waals surface area contributed by atoms with E-state index in [1.807, 2.05) is 42.5 Å². The maximum absolute atomic E-state index is 11.6. The number of H-pyrrole nitrogens is 1. The molecule has 0 aliphatic heterocycles. The minimum absolute atomic E-state index is 0.130. The first kappa shape index (κ1) is 22.2. The Hall–Kier alpha value is -3.62. The lowest BCUT2D eigenvalue weighted by atomic mass is 9.98. The van der Waals surface area contributed by atoms with E-state index < -0.39 is 0 Å². The average molecular weight is 487 g/mol. The Bertz CT molecular complexity index is 1560. The monoisotopic (exact) mass is 486 g/mol. The zero-order valence-corrected chi connectivity index (χ0v) is 20.3. The van der Waals surface area contributed by atoms with Crippen LogP contribution in [0.1, 0.15) is 36.7 Å². The summed E-state index contributed by atoms with van der Waals surface area (Å²) >= 11 is 6.09. The van der Waals surface area contributed by atoms with Crippen molar-refractivity contribution in [2.75, 3.05) is 0 Å². The van der Waals surface area contributed by atoms with Crippen molar-refractivity contribution in [2.24, 2.45) is 0 Å². The highest BCUT2D eigenvalue weighted by atomic mass is 32.1. The van der Waals surface area contributed by atoms with Crippen LogP contribution in [0.4, 0.5) is 0 Å². The molecule has 0 saturated carbocycles. The number of nitrogens with zero attached hydrogens (tertiary/aromatic N) is 3. The van der Waals surface area contributed by atoms with Gasteiger partial charge in [0.05, 0.1) is 16.6 Å². The summed E-state index contributed by atoms with van der Waals surface area (Å²) in [5, 5.41) is 9.98. The Kier molecular flexibility index (Phi) is 5.85. The molecule has 0 radical (unpaired) electrons. The van der Waals surface area contributed by atoms with E-state index in [1.165, 1.54) is 0 Å². The number of aromatic nitrogens is 4. The summed E-state index contributed by atoms with van der Waals surface area (Å²) in [6, 6.07) is 21.9. The van der Waals surface area contributed by atoms with Gasteiger partial charge in [0.2, 0.25) is 0 Å². The van der Waals surface area contributed by atoms with Gasteiger partial charge in [-0.2, -0.15) is 4.98 Å². The Morgan fingerprint density at radius 1 is 1.03 bits per heavy atom. The summed E-state index contributed by atoms with van der Waals surface area (Å²) in [7, 11) is 0. The molecule has 2 aromatic heterocycles. The highest BCUT2D eigenvalue weighted by molar-refractivity contribution is 7.80. The van der Waals surface area contributed by atoms with E-state index in [1.54, 1.807) is 0 Å². The van der Waals surface area contributed by atoms with Crippen LogP contribution in [0.5, 0.6) is 0 Å². The van der Waals surface area contributed by atoms with Crippen LogP contribution in [0.3, 0.4) is 0 Å². The fraction of sp³-hybridized carbons (Fsp3) is 0.154. The third-order valence-corrected chi connectivity index (χ3v) is 6.55. The highest BCUT2D eigenvalue weighted by Crippen LogP contribution is 2.31. The first-order valence-electron chi connectivity index (χ1n) is 10.9. The number of rotatable bonds is 6. The highest BCUT2D eigenvalue weighted by Gasteiger charge is 2.18. The summed E-state index contributed by atoms with van der Waals surface area (Å²) < 4.78 is 5.14. The van der Waals surface area contributed by atoms with Crippen molar-refractivity contribution in [2.45, 2.75) is 26.3 Å². The smallest absolute Gasteiger partial charge is 0.344 e. The van der Waals surface area contributed by atoms with Gasteiger partial charge in [0.25, 0.3) is 0 Å². The zero-order valence-electron chi connectivity index (χ0n) is 18.6. The van der Waals surface area contributed by atoms with Crippen molar-refractivity contribution in [3.63, 3.8) is 0 Å². The van der Waals surface area contributed by atoms with Crippen LogP contribution in [-0.4, -0.2) is 29.1 Å². The van der Waals surface area contributed by atoms with Crippen LogP contribution >= 0.6 is 23.8 Å². The summed E-state index contributed by atoms with van der Waals surface area (Å²) in [6.45, 7) is 4.82. The predicted octanol–water partition coefficient (Wildman–Crippen LogP) is 5.92. The van der Waals surface area contributed by atoms with E-state index in [9.17, 15) is 9.90 Å². The Labute approximate surface area is 205 Å². The molecule has 0 bridgehead atoms. The molecule has 0 spiro atoms. The van der Waals surface area contributed by atoms with Gasteiger partial charge in [-0.05, 0) is 41.0 Å². The number of para-hydroxylation sites is 1. The molecule has 2 N–H and O–H groups in total. The number of hydrogen-bond donors (Lipinski definition) is 2. The molecule has 6 nitrogen and oxygen atoms in total. The van der Waals surface area contributed by atoms with Gasteiger partial charge in [-0.1, -0.05) is 68.4 Å². The molecule has 3 aromatic carbocycles. The number of aliphatic hydroxyl groups is 1. The maximum Gasteiger partial charge on any atom is 0.344 e. The number of benzene rings is 3. The molecule has 0 aliphatic rings. The Balaban J connectivity index is 1.54. The van der Waals surface area contributed by atoms with Crippen molar-refractivity contribution >= 4 is 39.8 Å². The molecular formula is C26H22N4O2S2. The second-order valence-corrected chi connectivity index (χ2v) is 9.51. The standard InChI is InChI=1S/C26H22N4O2S2/c1-15(2)24-27-21-9-5-8-20(25(31)33)22(21)30(24)14-16-10-12-17(13-11-16)18-6-3-4-7-19(18)23-28-26(32)34-29-23/h3-13,15H,14H2,1-2H3,(H,31,33)(H,28,29,32). The van der Waals surface area contributed by atoms with Gasteiger partial charge in [0.15, 0.2) is 10.9 Å². The molecule has 34 heavy (non-hydrogen) atoms. The van der Waals surface area contributed by atoms with Crippen LogP contribution in [0.25, 0.3) is 33.5 Å². The fourth-order valence-corrected chi connectivity index (χ4v) is 4.88. The van der Waals surface area contributed by atoms with Gasteiger partial charge < -0.3 is 9.67 Å². The van der Waals surface area contributed by atoms with Crippen LogP contribution in [0, 0.1) is 0 Å². The second-order valence-electron chi connectivity index (χ2n) is 8.36. The van der Waals surface area contributed by atoms with Crippen LogP contribution in [0.15, 0.2) is 71.5 Å². The molecule has 8 heteroatoms. The number of nitrogens with one attached hydrogen (secondary N) is 1. The first-order valence-corrected chi connectivity index (χ1v) is 12.1. The number of hydrogen-bond acceptors (Lipinski definition) is 5. The van der Waals surface area contributed by atoms with Gasteiger partial charge in [-0.25, -0.2) is 4.98 Å². The summed E-state index contributed by atoms with van der Waals surface area (Å²) in [5.41, 5.74) is 6.31. The molecule has 5 rings (SSSR count). The Morgan fingerprint density at radius 2 is 1.76 bits per heavy atom. The van der Waals surface area contributed by atoms with E-state index in [4.69, 9.17) is 17.2 Å². The number of thiocarbonyl (C=S) groups is 1. The molecular weight excluding hydrogens is 464 g/mol. The fourth-order valence-electron chi connectivity index (χ4n) is 4.23. The van der Waals surface area contributed by atoms with Gasteiger partial charge in [-0.15, -0.1) is 0 Å². The van der Waals surface area contributed by atoms with E-state index >= 15 is 0 Å². The van der Waals surface area contributed by atoms with Crippen molar-refractivity contribution < 1.29 is 5.11 Å². The SMILES string of the molecule is CC(C)c1nc2cccc(C(O)=S)c2n1Cc1ccc(-c2ccccc2-c2nc(=O)s[nH]2)cc1. The van der Waals surface area contributed by atoms with E-state index in [0.717, 1.165) is 50.6 Å². The van der Waals surface area contributed by atoms with Crippen LogP contribution in [0.2, 0.25) is 0 Å². The molecule has 5 aromatic rings. The second kappa shape index (κ2) is 8.96. The lowest BCUT2D eigenvalue weighted by Crippen LogP contribution is -2.09. The first-order chi connectivity index (χ1) is 16.4. The van der Waals surface area contributed by atoms with Gasteiger partial charge in [0, 0.05) is 29.6 Å². The van der Waals surface area contributed by atoms with Gasteiger partial charge >= 0.3 is 4.87 Å². The minimum Gasteiger partial charge on any atom is -0.498 e. The Morgan fingerprint density at radius 3 is 2.41 bits per heavy atom. The number of aliphatic hydroxyl groups excluding tert-OH is 1. The van der Waals surface area contributed by atoms with Crippen molar-refractivity contribution in [3.8, 4) is 22.5 Å². The zero-order chi connectivity index (χ0) is 23.8. The lowest BCUT2D eigenvalue weighted by Gasteiger charge is -2.14. The lowest BCUT2D eigenvalue weighted by molar-refractivity contribution is 0.571. The van der Waals surface area contributed by atoms with Crippen molar-refractivity contribution in [1.82, 2.24) is 18.9 Å². The third-order valence-electron chi connectivity index (χ3n) is 5.77. The molecule has 0 saturated heterocycles. The average Bonchev–Trinajstić information content (AvgIpc) is 3.43. The molecule has 0 atom stereocenters. The molecule has 2 heterocycles. The molecule has 0 fully saturated rings. The van der Waals surface area contributed by atoms with E-state index in [0.29, 0.717) is 17.9 Å². The quantitative estimate of drug-likeness (QED) is 0.291. The summed E-state index contributed by atoms with van der Waals surface area (Å²) in [6.07, 6.45) is 0. The number of imidazole rings is 1. The van der Waals surface area contributed by atoms with Gasteiger partial charge in [0.1, 0.15) is 5.82 Å². The maximum atomic E-state index is 11.6.